The van der Waals surface area contributed by atoms with E-state index in [0.717, 1.165) is 11.4 Å². The van der Waals surface area contributed by atoms with Crippen molar-refractivity contribution in [1.82, 2.24) is 4.57 Å². The minimum Gasteiger partial charge on any atom is -0.355 e. The van der Waals surface area contributed by atoms with Gasteiger partial charge in [0.25, 0.3) is 0 Å². The Labute approximate surface area is 373 Å². The summed E-state index contributed by atoms with van der Waals surface area (Å²) in [5.41, 5.74) is 13.8. The fourth-order valence-corrected chi connectivity index (χ4v) is 13.7. The Morgan fingerprint density at radius 1 is 0.500 bits per heavy atom. The highest BCUT2D eigenvalue weighted by atomic mass is 32.1. The number of nitrogens with one attached hydrogen (secondary N) is 1. The largest absolute Gasteiger partial charge is 0.355 e. The van der Waals surface area contributed by atoms with E-state index in [0.29, 0.717) is 0 Å². The lowest BCUT2D eigenvalue weighted by Gasteiger charge is -2.25. The Hall–Kier alpha value is -5.92. The third-order valence-corrected chi connectivity index (χ3v) is 16.8. The number of hydrogen-bond acceptors (Lipinski definition) is 4. The molecule has 0 unspecified atom stereocenters. The zero-order valence-electron chi connectivity index (χ0n) is 35.5. The van der Waals surface area contributed by atoms with Gasteiger partial charge < -0.3 is 9.88 Å². The summed E-state index contributed by atoms with van der Waals surface area (Å²) in [6, 6.07) is 53.1. The summed E-state index contributed by atoms with van der Waals surface area (Å²) < 4.78 is 10.6. The van der Waals surface area contributed by atoms with Crippen molar-refractivity contribution in [1.29, 1.82) is 0 Å². The molecule has 0 fully saturated rings. The lowest BCUT2D eigenvalue weighted by atomic mass is 9.58. The second kappa shape index (κ2) is 12.8. The SMILES string of the molecule is CC(C)(C)c1ccc(Nc2cc3c(cc2-c2c4c5c(c6cc(C(C)(C)C)ccc6n5-c5cc6sc7ccccc7c6cc5[B]4)c4sc5ccccc5c24)sc2ccccc23)cc1. The maximum absolute atomic E-state index is 4.03. The maximum atomic E-state index is 4.03. The standard InChI is InChI=1S/C56H42BN2S3/c1-55(2,3)30-19-22-32(23-20-30)58-41-27-37-34-14-8-11-17-45(34)60-47(37)28-38(41)49-50-35-15-9-12-18-46(35)62-54(50)51-39-25-31(56(4,5)6)21-24-42(39)59-43-29-48-36(26-40(43)57-52(49)53(51)59)33-13-7-10-16-44(33)61-48/h7-29,58H,1-6H3. The molecule has 297 valence electrons. The molecule has 2 nitrogen and oxygen atoms in total. The van der Waals surface area contributed by atoms with Gasteiger partial charge >= 0.3 is 0 Å². The molecular weight excluding hydrogens is 808 g/mol. The number of hydrogen-bond donors (Lipinski definition) is 1. The van der Waals surface area contributed by atoms with Crippen LogP contribution < -0.4 is 16.2 Å². The molecule has 1 aliphatic heterocycles. The number of nitrogens with zero attached hydrogens (tertiary/aromatic N) is 1. The molecule has 12 aromatic rings. The van der Waals surface area contributed by atoms with E-state index in [4.69, 9.17) is 0 Å². The highest BCUT2D eigenvalue weighted by Gasteiger charge is 2.32. The van der Waals surface area contributed by atoms with Crippen LogP contribution in [0.25, 0.3) is 99.1 Å². The van der Waals surface area contributed by atoms with Crippen LogP contribution in [0.3, 0.4) is 0 Å². The smallest absolute Gasteiger partial charge is 0.197 e. The van der Waals surface area contributed by atoms with Crippen molar-refractivity contribution in [3.05, 3.63) is 151 Å². The van der Waals surface area contributed by atoms with Crippen molar-refractivity contribution in [3.8, 4) is 16.8 Å². The molecule has 0 amide bonds. The predicted molar refractivity (Wildman–Crippen MR) is 277 cm³/mol. The number of anilines is 2. The molecule has 0 atom stereocenters. The summed E-state index contributed by atoms with van der Waals surface area (Å²) in [6.45, 7) is 13.9. The molecule has 1 aliphatic rings. The van der Waals surface area contributed by atoms with Gasteiger partial charge in [-0.1, -0.05) is 126 Å². The third-order valence-electron chi connectivity index (χ3n) is 13.3. The van der Waals surface area contributed by atoms with Crippen molar-refractivity contribution >= 4 is 146 Å². The first kappa shape index (κ1) is 36.7. The molecule has 6 heteroatoms. The molecule has 62 heavy (non-hydrogen) atoms. The minimum atomic E-state index is 0.00340. The summed E-state index contributed by atoms with van der Waals surface area (Å²) in [5, 5.41) is 14.6. The number of rotatable bonds is 3. The first-order valence-corrected chi connectivity index (χ1v) is 24.0. The van der Waals surface area contributed by atoms with Gasteiger partial charge in [-0.05, 0) is 99.0 Å². The molecule has 13 rings (SSSR count). The first-order chi connectivity index (χ1) is 30.0. The van der Waals surface area contributed by atoms with Gasteiger partial charge in [-0.15, -0.1) is 34.0 Å². The molecule has 0 saturated heterocycles. The highest BCUT2D eigenvalue weighted by Crippen LogP contribution is 2.51. The molecule has 5 heterocycles. The number of thiophene rings is 3. The van der Waals surface area contributed by atoms with Crippen LogP contribution in [0, 0.1) is 0 Å². The average Bonchev–Trinajstić information content (AvgIpc) is 4.02. The fourth-order valence-electron chi connectivity index (χ4n) is 10.2. The fraction of sp³-hybridized carbons (Fsp3) is 0.143. The van der Waals surface area contributed by atoms with Crippen molar-refractivity contribution in [3.63, 3.8) is 0 Å². The quantitative estimate of drug-likeness (QED) is 0.175. The van der Waals surface area contributed by atoms with Gasteiger partial charge in [0.1, 0.15) is 0 Å². The van der Waals surface area contributed by atoms with E-state index in [-0.39, 0.29) is 10.8 Å². The molecule has 0 saturated carbocycles. The molecule has 0 bridgehead atoms. The topological polar surface area (TPSA) is 17.0 Å². The monoisotopic (exact) mass is 849 g/mol. The van der Waals surface area contributed by atoms with Crippen molar-refractivity contribution in [2.45, 2.75) is 52.4 Å². The van der Waals surface area contributed by atoms with Gasteiger partial charge in [0.15, 0.2) is 7.28 Å². The summed E-state index contributed by atoms with van der Waals surface area (Å²) >= 11 is 5.75. The van der Waals surface area contributed by atoms with E-state index in [9.17, 15) is 0 Å². The van der Waals surface area contributed by atoms with Gasteiger partial charge in [0.2, 0.25) is 0 Å². The molecule has 0 spiro atoms. The van der Waals surface area contributed by atoms with Crippen LogP contribution in [0.4, 0.5) is 11.4 Å². The van der Waals surface area contributed by atoms with Crippen molar-refractivity contribution in [2.24, 2.45) is 0 Å². The first-order valence-electron chi connectivity index (χ1n) is 21.6. The molecular formula is C56H42BN2S3. The minimum absolute atomic E-state index is 0.00340. The van der Waals surface area contributed by atoms with E-state index in [1.54, 1.807) is 0 Å². The summed E-state index contributed by atoms with van der Waals surface area (Å²) in [7, 11) is 2.53. The molecule has 4 aromatic heterocycles. The van der Waals surface area contributed by atoms with Crippen LogP contribution in [0.15, 0.2) is 140 Å². The number of fused-ring (bicyclic) bond motifs is 15. The lowest BCUT2D eigenvalue weighted by molar-refractivity contribution is 0.590. The van der Waals surface area contributed by atoms with E-state index in [2.05, 4.69) is 198 Å². The Balaban J connectivity index is 1.20. The van der Waals surface area contributed by atoms with E-state index in [1.807, 2.05) is 34.0 Å². The Kier molecular flexibility index (Phi) is 7.59. The molecule has 1 N–H and O–H groups in total. The molecule has 1 radical (unpaired) electrons. The third kappa shape index (κ3) is 5.27. The zero-order chi connectivity index (χ0) is 41.8. The van der Waals surface area contributed by atoms with E-state index >= 15 is 0 Å². The number of benzene rings is 8. The Morgan fingerprint density at radius 3 is 1.77 bits per heavy atom. The summed E-state index contributed by atoms with van der Waals surface area (Å²) in [5.74, 6) is 0. The van der Waals surface area contributed by atoms with Crippen LogP contribution in [0.1, 0.15) is 52.7 Å². The van der Waals surface area contributed by atoms with Crippen molar-refractivity contribution in [2.75, 3.05) is 5.32 Å². The zero-order valence-corrected chi connectivity index (χ0v) is 38.0. The molecule has 0 aliphatic carbocycles. The van der Waals surface area contributed by atoms with E-state index < -0.39 is 0 Å². The van der Waals surface area contributed by atoms with Gasteiger partial charge in [-0.3, -0.25) is 0 Å². The lowest BCUT2D eigenvalue weighted by Crippen LogP contribution is -2.37. The van der Waals surface area contributed by atoms with Gasteiger partial charge in [-0.2, -0.15) is 0 Å². The highest BCUT2D eigenvalue weighted by molar-refractivity contribution is 7.27. The van der Waals surface area contributed by atoms with Crippen LogP contribution in [0.5, 0.6) is 0 Å². The van der Waals surface area contributed by atoms with E-state index in [1.165, 1.54) is 121 Å². The van der Waals surface area contributed by atoms with Crippen LogP contribution >= 0.6 is 34.0 Å². The summed E-state index contributed by atoms with van der Waals surface area (Å²) in [6.07, 6.45) is 0. The number of aromatic nitrogens is 1. The average molecular weight is 850 g/mol. The van der Waals surface area contributed by atoms with Gasteiger partial charge in [-0.25, -0.2) is 0 Å². The van der Waals surface area contributed by atoms with Crippen LogP contribution in [0.2, 0.25) is 0 Å². The van der Waals surface area contributed by atoms with Crippen LogP contribution in [-0.2, 0) is 10.8 Å². The Bertz CT molecular complexity index is 3880. The normalized spacial score (nSPS) is 13.1. The van der Waals surface area contributed by atoms with Crippen molar-refractivity contribution < 1.29 is 0 Å². The van der Waals surface area contributed by atoms with Gasteiger partial charge in [0, 0.05) is 88.5 Å². The van der Waals surface area contributed by atoms with Gasteiger partial charge in [0.05, 0.1) is 11.0 Å². The van der Waals surface area contributed by atoms with Crippen LogP contribution in [-0.4, -0.2) is 11.8 Å². The Morgan fingerprint density at radius 2 is 1.10 bits per heavy atom. The second-order valence-electron chi connectivity index (χ2n) is 19.2. The predicted octanol–water partition coefficient (Wildman–Crippen LogP) is 15.9. The summed E-state index contributed by atoms with van der Waals surface area (Å²) in [4.78, 5) is 0. The second-order valence-corrected chi connectivity index (χ2v) is 22.4. The maximum Gasteiger partial charge on any atom is 0.197 e. The molecule has 8 aromatic carbocycles.